The monoisotopic (exact) mass is 229 g/mol. The summed E-state index contributed by atoms with van der Waals surface area (Å²) in [5, 5.41) is 7.50. The molecule has 1 aromatic heterocycles. The fraction of sp³-hybridized carbons (Fsp3) is 0.385. The van der Waals surface area contributed by atoms with Gasteiger partial charge in [0, 0.05) is 23.9 Å². The molecule has 0 amide bonds. The average Bonchev–Trinajstić information content (AvgIpc) is 2.61. The third-order valence-corrected chi connectivity index (χ3v) is 3.03. The van der Waals surface area contributed by atoms with E-state index in [1.54, 1.807) is 0 Å². The van der Waals surface area contributed by atoms with E-state index >= 15 is 0 Å². The zero-order valence-electron chi connectivity index (χ0n) is 9.60. The highest BCUT2D eigenvalue weighted by atomic mass is 16.7. The molecule has 0 spiro atoms. The Hall–Kier alpha value is -1.68. The van der Waals surface area contributed by atoms with Gasteiger partial charge in [0.05, 0.1) is 5.71 Å². The van der Waals surface area contributed by atoms with Crippen molar-refractivity contribution in [2.45, 2.75) is 25.5 Å². The van der Waals surface area contributed by atoms with Gasteiger partial charge in [0.15, 0.2) is 0 Å². The first-order valence-electron chi connectivity index (χ1n) is 6.00. The maximum absolute atomic E-state index is 5.40. The lowest BCUT2D eigenvalue weighted by molar-refractivity contribution is 0.0807. The van der Waals surface area contributed by atoms with E-state index in [1.807, 2.05) is 24.4 Å². The molecular weight excluding hydrogens is 214 g/mol. The zero-order valence-corrected chi connectivity index (χ0v) is 9.60. The predicted molar refractivity (Wildman–Crippen MR) is 65.6 cm³/mol. The van der Waals surface area contributed by atoms with E-state index in [9.17, 15) is 0 Å². The minimum atomic E-state index is -0.0452. The Balaban J connectivity index is 1.78. The molecule has 2 aliphatic heterocycles. The van der Waals surface area contributed by atoms with Crippen molar-refractivity contribution < 1.29 is 4.84 Å². The van der Waals surface area contributed by atoms with Crippen LogP contribution in [0.5, 0.6) is 0 Å². The van der Waals surface area contributed by atoms with Crippen LogP contribution in [-0.2, 0) is 11.3 Å². The summed E-state index contributed by atoms with van der Waals surface area (Å²) in [7, 11) is 0. The van der Waals surface area contributed by atoms with Crippen LogP contribution in [0.15, 0.2) is 41.2 Å². The van der Waals surface area contributed by atoms with Gasteiger partial charge in [-0.05, 0) is 31.5 Å². The number of oxime groups is 1. The van der Waals surface area contributed by atoms with Gasteiger partial charge in [0.25, 0.3) is 0 Å². The van der Waals surface area contributed by atoms with Crippen LogP contribution in [0.3, 0.4) is 0 Å². The summed E-state index contributed by atoms with van der Waals surface area (Å²) in [6.07, 6.45) is 6.98. The largest absolute Gasteiger partial charge is 0.371 e. The van der Waals surface area contributed by atoms with Crippen molar-refractivity contribution in [1.29, 1.82) is 0 Å². The Kier molecular flexibility index (Phi) is 2.88. The maximum Gasteiger partial charge on any atom is 0.206 e. The molecule has 2 aliphatic rings. The molecule has 1 atom stereocenters. The summed E-state index contributed by atoms with van der Waals surface area (Å²) < 4.78 is 0. The van der Waals surface area contributed by atoms with Crippen LogP contribution in [0, 0.1) is 0 Å². The molecule has 0 aromatic carbocycles. The van der Waals surface area contributed by atoms with Crippen molar-refractivity contribution in [2.75, 3.05) is 6.54 Å². The highest BCUT2D eigenvalue weighted by molar-refractivity contribution is 6.02. The molecule has 0 bridgehead atoms. The van der Waals surface area contributed by atoms with Crippen molar-refractivity contribution in [3.05, 3.63) is 41.7 Å². The van der Waals surface area contributed by atoms with Gasteiger partial charge in [-0.1, -0.05) is 17.3 Å². The van der Waals surface area contributed by atoms with E-state index in [0.717, 1.165) is 37.2 Å². The van der Waals surface area contributed by atoms with Crippen molar-refractivity contribution in [3.8, 4) is 0 Å². The van der Waals surface area contributed by atoms with Crippen molar-refractivity contribution >= 4 is 5.71 Å². The molecule has 1 N–H and O–H groups in total. The summed E-state index contributed by atoms with van der Waals surface area (Å²) in [5.74, 6) is 0. The van der Waals surface area contributed by atoms with Gasteiger partial charge in [-0.3, -0.25) is 10.3 Å². The minimum absolute atomic E-state index is 0.0452. The lowest BCUT2D eigenvalue weighted by Crippen LogP contribution is -2.30. The number of aromatic nitrogens is 1. The molecule has 4 nitrogen and oxygen atoms in total. The molecule has 4 heteroatoms. The molecule has 0 saturated carbocycles. The van der Waals surface area contributed by atoms with Gasteiger partial charge < -0.3 is 4.84 Å². The molecule has 3 rings (SSSR count). The molecule has 3 heterocycles. The highest BCUT2D eigenvalue weighted by Gasteiger charge is 2.28. The summed E-state index contributed by atoms with van der Waals surface area (Å²) >= 11 is 0. The zero-order chi connectivity index (χ0) is 11.5. The van der Waals surface area contributed by atoms with Gasteiger partial charge >= 0.3 is 0 Å². The first-order chi connectivity index (χ1) is 8.43. The van der Waals surface area contributed by atoms with Crippen LogP contribution in [0.25, 0.3) is 0 Å². The number of nitrogens with one attached hydrogen (secondary N) is 1. The van der Waals surface area contributed by atoms with E-state index in [4.69, 9.17) is 4.84 Å². The quantitative estimate of drug-likeness (QED) is 0.838. The lowest BCUT2D eigenvalue weighted by atomic mass is 10.0. The Bertz CT molecular complexity index is 453. The maximum atomic E-state index is 5.40. The third-order valence-electron chi connectivity index (χ3n) is 3.03. The average molecular weight is 229 g/mol. The fourth-order valence-corrected chi connectivity index (χ4v) is 2.15. The Morgan fingerprint density at radius 3 is 3.29 bits per heavy atom. The Labute approximate surface area is 100 Å². The summed E-state index contributed by atoms with van der Waals surface area (Å²) in [5.41, 5.74) is 3.22. The number of fused-ring (bicyclic) bond motifs is 1. The number of hydrogen-bond donors (Lipinski definition) is 1. The third kappa shape index (κ3) is 2.22. The standard InChI is InChI=1S/C13H15N3O/c1-3-7-14-10(5-1)9-12-11-6-2-4-8-15-13(11)17-16-12/h1,3,5-7,13,15H,2,4,8-9H2/t13-/m1/s1. The number of nitrogens with zero attached hydrogens (tertiary/aromatic N) is 2. The van der Waals surface area contributed by atoms with Crippen LogP contribution in [0.4, 0.5) is 0 Å². The number of hydrogen-bond acceptors (Lipinski definition) is 4. The van der Waals surface area contributed by atoms with Crippen LogP contribution in [-0.4, -0.2) is 23.5 Å². The van der Waals surface area contributed by atoms with Gasteiger partial charge in [-0.15, -0.1) is 0 Å². The summed E-state index contributed by atoms with van der Waals surface area (Å²) in [6.45, 7) is 0.983. The van der Waals surface area contributed by atoms with Crippen LogP contribution in [0.2, 0.25) is 0 Å². The normalized spacial score (nSPS) is 23.2. The minimum Gasteiger partial charge on any atom is -0.371 e. The first-order valence-corrected chi connectivity index (χ1v) is 6.00. The van der Waals surface area contributed by atoms with Gasteiger partial charge in [0.2, 0.25) is 6.23 Å². The Morgan fingerprint density at radius 1 is 1.41 bits per heavy atom. The molecule has 0 saturated heterocycles. The van der Waals surface area contributed by atoms with Crippen LogP contribution in [0.1, 0.15) is 18.5 Å². The second-order valence-corrected chi connectivity index (χ2v) is 4.28. The van der Waals surface area contributed by atoms with Gasteiger partial charge in [-0.2, -0.15) is 0 Å². The molecule has 0 aliphatic carbocycles. The molecule has 0 radical (unpaired) electrons. The first kappa shape index (κ1) is 10.5. The van der Waals surface area contributed by atoms with Crippen molar-refractivity contribution in [2.24, 2.45) is 5.16 Å². The number of rotatable bonds is 2. The van der Waals surface area contributed by atoms with E-state index in [1.165, 1.54) is 5.57 Å². The SMILES string of the molecule is C1=C2C(Cc3ccccn3)=NO[C@H]2NCCC1. The van der Waals surface area contributed by atoms with E-state index in [0.29, 0.717) is 0 Å². The van der Waals surface area contributed by atoms with Gasteiger partial charge in [0.1, 0.15) is 0 Å². The summed E-state index contributed by atoms with van der Waals surface area (Å²) in [6, 6.07) is 5.93. The second-order valence-electron chi connectivity index (χ2n) is 4.28. The molecule has 0 unspecified atom stereocenters. The summed E-state index contributed by atoms with van der Waals surface area (Å²) in [4.78, 5) is 9.72. The smallest absolute Gasteiger partial charge is 0.206 e. The van der Waals surface area contributed by atoms with Crippen LogP contribution < -0.4 is 5.32 Å². The van der Waals surface area contributed by atoms with Gasteiger partial charge in [-0.25, -0.2) is 0 Å². The molecule has 17 heavy (non-hydrogen) atoms. The molecule has 0 fully saturated rings. The van der Waals surface area contributed by atoms with Crippen molar-refractivity contribution in [1.82, 2.24) is 10.3 Å². The lowest BCUT2D eigenvalue weighted by Gasteiger charge is -2.09. The topological polar surface area (TPSA) is 46.5 Å². The van der Waals surface area contributed by atoms with Crippen molar-refractivity contribution in [3.63, 3.8) is 0 Å². The predicted octanol–water partition coefficient (Wildman–Crippen LogP) is 1.65. The number of pyridine rings is 1. The molecular formula is C13H15N3O. The van der Waals surface area contributed by atoms with E-state index in [-0.39, 0.29) is 6.23 Å². The Morgan fingerprint density at radius 2 is 2.41 bits per heavy atom. The van der Waals surface area contributed by atoms with E-state index in [2.05, 4.69) is 21.5 Å². The molecule has 88 valence electrons. The molecule has 1 aromatic rings. The van der Waals surface area contributed by atoms with E-state index < -0.39 is 0 Å². The fourth-order valence-electron chi connectivity index (χ4n) is 2.15. The van der Waals surface area contributed by atoms with Crippen LogP contribution >= 0.6 is 0 Å². The highest BCUT2D eigenvalue weighted by Crippen LogP contribution is 2.21. The second kappa shape index (κ2) is 4.67. The number of allylic oxidation sites excluding steroid dienone is 1.